The van der Waals surface area contributed by atoms with Crippen LogP contribution in [0.1, 0.15) is 32.1 Å². The van der Waals surface area contributed by atoms with E-state index in [-0.39, 0.29) is 0 Å². The second kappa shape index (κ2) is 3.48. The lowest BCUT2D eigenvalue weighted by Gasteiger charge is -2.11. The van der Waals surface area contributed by atoms with Gasteiger partial charge in [-0.05, 0) is 13.3 Å². The fourth-order valence-corrected chi connectivity index (χ4v) is 0.978. The quantitative estimate of drug-likeness (QED) is 0.697. The molecule has 1 rings (SSSR count). The van der Waals surface area contributed by atoms with Crippen LogP contribution in [0.4, 0.5) is 0 Å². The molecule has 2 N–H and O–H groups in total. The summed E-state index contributed by atoms with van der Waals surface area (Å²) in [6, 6.07) is 0.448. The predicted molar refractivity (Wildman–Crippen MR) is 42.9 cm³/mol. The molecule has 0 saturated carbocycles. The second-order valence-electron chi connectivity index (χ2n) is 2.62. The summed E-state index contributed by atoms with van der Waals surface area (Å²) >= 11 is 0. The van der Waals surface area contributed by atoms with Crippen molar-refractivity contribution in [3.63, 3.8) is 0 Å². The summed E-state index contributed by atoms with van der Waals surface area (Å²) < 4.78 is 2.01. The van der Waals surface area contributed by atoms with Crippen molar-refractivity contribution in [3.05, 3.63) is 12.2 Å². The van der Waals surface area contributed by atoms with E-state index in [9.17, 15) is 0 Å². The highest BCUT2D eigenvalue weighted by atomic mass is 15.3. The highest BCUT2D eigenvalue weighted by molar-refractivity contribution is 4.86. The molecule has 0 radical (unpaired) electrons. The highest BCUT2D eigenvalue weighted by Gasteiger charge is 2.06. The summed E-state index contributed by atoms with van der Waals surface area (Å²) in [6.45, 7) is 4.72. The first-order chi connectivity index (χ1) is 5.29. The third-order valence-electron chi connectivity index (χ3n) is 1.90. The minimum absolute atomic E-state index is 0.448. The number of hydrogen-bond donors (Lipinski definition) is 1. The van der Waals surface area contributed by atoms with E-state index in [0.29, 0.717) is 12.6 Å². The van der Waals surface area contributed by atoms with Gasteiger partial charge in [0.1, 0.15) is 12.2 Å². The Hall–Kier alpha value is -0.900. The summed E-state index contributed by atoms with van der Waals surface area (Å²) in [5.41, 5.74) is 5.46. The Labute approximate surface area is 66.4 Å². The van der Waals surface area contributed by atoms with E-state index in [2.05, 4.69) is 24.0 Å². The van der Waals surface area contributed by atoms with Gasteiger partial charge in [0.05, 0.1) is 6.54 Å². The minimum atomic E-state index is 0.448. The molecule has 0 spiro atoms. The molecule has 1 aromatic heterocycles. The van der Waals surface area contributed by atoms with E-state index in [1.54, 1.807) is 6.33 Å². The van der Waals surface area contributed by atoms with Crippen molar-refractivity contribution in [3.8, 4) is 0 Å². The van der Waals surface area contributed by atoms with Crippen LogP contribution in [0.2, 0.25) is 0 Å². The molecule has 0 saturated heterocycles. The second-order valence-corrected chi connectivity index (χ2v) is 2.62. The summed E-state index contributed by atoms with van der Waals surface area (Å²) in [4.78, 5) is 0. The van der Waals surface area contributed by atoms with Crippen LogP contribution in [0.5, 0.6) is 0 Å². The van der Waals surface area contributed by atoms with Crippen molar-refractivity contribution in [2.45, 2.75) is 32.9 Å². The zero-order valence-electron chi connectivity index (χ0n) is 6.99. The molecule has 4 nitrogen and oxygen atoms in total. The van der Waals surface area contributed by atoms with Gasteiger partial charge in [0.2, 0.25) is 0 Å². The lowest BCUT2D eigenvalue weighted by molar-refractivity contribution is 0.508. The van der Waals surface area contributed by atoms with Gasteiger partial charge in [0.25, 0.3) is 0 Å². The lowest BCUT2D eigenvalue weighted by Crippen LogP contribution is -2.11. The Morgan fingerprint density at radius 1 is 1.73 bits per heavy atom. The molecule has 1 aromatic rings. The number of aromatic nitrogens is 3. The van der Waals surface area contributed by atoms with Crippen LogP contribution in [0.15, 0.2) is 6.33 Å². The van der Waals surface area contributed by atoms with Crippen molar-refractivity contribution in [1.29, 1.82) is 0 Å². The molecule has 0 amide bonds. The average Bonchev–Trinajstić information content (AvgIpc) is 2.50. The zero-order valence-corrected chi connectivity index (χ0v) is 6.99. The largest absolute Gasteiger partial charge is 0.324 e. The van der Waals surface area contributed by atoms with Crippen LogP contribution in [0.25, 0.3) is 0 Å². The molecule has 0 aliphatic rings. The summed E-state index contributed by atoms with van der Waals surface area (Å²) in [6.07, 6.45) is 2.81. The van der Waals surface area contributed by atoms with Crippen LogP contribution >= 0.6 is 0 Å². The Morgan fingerprint density at radius 3 is 3.00 bits per heavy atom. The Morgan fingerprint density at radius 2 is 2.45 bits per heavy atom. The van der Waals surface area contributed by atoms with E-state index in [4.69, 9.17) is 5.73 Å². The zero-order chi connectivity index (χ0) is 8.27. The van der Waals surface area contributed by atoms with E-state index in [1.807, 2.05) is 4.57 Å². The van der Waals surface area contributed by atoms with Gasteiger partial charge < -0.3 is 10.3 Å². The van der Waals surface area contributed by atoms with Crippen LogP contribution in [0, 0.1) is 0 Å². The smallest absolute Gasteiger partial charge is 0.146 e. The number of hydrogen-bond acceptors (Lipinski definition) is 3. The number of nitrogens with two attached hydrogens (primary N) is 1. The molecular weight excluding hydrogens is 140 g/mol. The van der Waals surface area contributed by atoms with Crippen molar-refractivity contribution in [2.75, 3.05) is 0 Å². The molecule has 1 unspecified atom stereocenters. The molecule has 4 heteroatoms. The molecule has 0 aliphatic heterocycles. The Balaban J connectivity index is 2.83. The van der Waals surface area contributed by atoms with Crippen molar-refractivity contribution in [1.82, 2.24) is 14.8 Å². The topological polar surface area (TPSA) is 56.7 Å². The Bertz CT molecular complexity index is 218. The van der Waals surface area contributed by atoms with Crippen LogP contribution in [-0.4, -0.2) is 14.8 Å². The minimum Gasteiger partial charge on any atom is -0.324 e. The molecule has 0 bridgehead atoms. The number of rotatable bonds is 3. The molecule has 11 heavy (non-hydrogen) atoms. The van der Waals surface area contributed by atoms with E-state index < -0.39 is 0 Å². The van der Waals surface area contributed by atoms with Gasteiger partial charge in [-0.15, -0.1) is 10.2 Å². The van der Waals surface area contributed by atoms with Crippen molar-refractivity contribution in [2.24, 2.45) is 5.73 Å². The van der Waals surface area contributed by atoms with Crippen molar-refractivity contribution < 1.29 is 0 Å². The third kappa shape index (κ3) is 1.57. The molecule has 0 aliphatic carbocycles. The van der Waals surface area contributed by atoms with Gasteiger partial charge in [-0.2, -0.15) is 0 Å². The SMILES string of the molecule is CCC(C)n1cnnc1CN. The first-order valence-electron chi connectivity index (χ1n) is 3.88. The maximum atomic E-state index is 5.46. The fourth-order valence-electron chi connectivity index (χ4n) is 0.978. The van der Waals surface area contributed by atoms with Crippen LogP contribution < -0.4 is 5.73 Å². The monoisotopic (exact) mass is 154 g/mol. The fraction of sp³-hybridized carbons (Fsp3) is 0.714. The maximum absolute atomic E-state index is 5.46. The summed E-state index contributed by atoms with van der Waals surface area (Å²) in [5.74, 6) is 0.861. The maximum Gasteiger partial charge on any atom is 0.146 e. The standard InChI is InChI=1S/C7H14N4/c1-3-6(2)11-5-9-10-7(11)4-8/h5-6H,3-4,8H2,1-2H3. The molecule has 1 atom stereocenters. The van der Waals surface area contributed by atoms with E-state index in [1.165, 1.54) is 0 Å². The molecule has 62 valence electrons. The number of nitrogens with zero attached hydrogens (tertiary/aromatic N) is 3. The predicted octanol–water partition coefficient (Wildman–Crippen LogP) is 0.708. The van der Waals surface area contributed by atoms with Gasteiger partial charge in [0, 0.05) is 6.04 Å². The van der Waals surface area contributed by atoms with Crippen molar-refractivity contribution >= 4 is 0 Å². The molecule has 1 heterocycles. The Kier molecular flexibility index (Phi) is 2.59. The van der Waals surface area contributed by atoms with Gasteiger partial charge in [0.15, 0.2) is 0 Å². The first-order valence-corrected chi connectivity index (χ1v) is 3.88. The lowest BCUT2D eigenvalue weighted by atomic mass is 10.2. The summed E-state index contributed by atoms with van der Waals surface area (Å²) in [5, 5.41) is 7.69. The van der Waals surface area contributed by atoms with E-state index in [0.717, 1.165) is 12.2 Å². The van der Waals surface area contributed by atoms with Gasteiger partial charge in [-0.1, -0.05) is 6.92 Å². The van der Waals surface area contributed by atoms with Crippen LogP contribution in [0.3, 0.4) is 0 Å². The third-order valence-corrected chi connectivity index (χ3v) is 1.90. The summed E-state index contributed by atoms with van der Waals surface area (Å²) in [7, 11) is 0. The van der Waals surface area contributed by atoms with Crippen LogP contribution in [-0.2, 0) is 6.54 Å². The van der Waals surface area contributed by atoms with Gasteiger partial charge >= 0.3 is 0 Å². The van der Waals surface area contributed by atoms with Gasteiger partial charge in [-0.25, -0.2) is 0 Å². The van der Waals surface area contributed by atoms with E-state index >= 15 is 0 Å². The van der Waals surface area contributed by atoms with Gasteiger partial charge in [-0.3, -0.25) is 0 Å². The average molecular weight is 154 g/mol. The molecule has 0 aromatic carbocycles. The molecule has 0 fully saturated rings. The first kappa shape index (κ1) is 8.20. The normalized spacial score (nSPS) is 13.4. The molecular formula is C7H14N4. The highest BCUT2D eigenvalue weighted by Crippen LogP contribution is 2.10.